The van der Waals surface area contributed by atoms with Crippen LogP contribution in [0, 0.1) is 0 Å². The molecule has 2 aliphatic rings. The topological polar surface area (TPSA) is 115 Å². The van der Waals surface area contributed by atoms with E-state index < -0.39 is 17.9 Å². The predicted molar refractivity (Wildman–Crippen MR) is 118 cm³/mol. The Labute approximate surface area is 185 Å². The number of carboxylic acid groups (broad SMARTS) is 1. The molecular weight excluding hydrogens is 414 g/mol. The van der Waals surface area contributed by atoms with E-state index in [4.69, 9.17) is 13.9 Å². The highest BCUT2D eigenvalue weighted by Gasteiger charge is 2.32. The third-order valence-corrected chi connectivity index (χ3v) is 6.20. The summed E-state index contributed by atoms with van der Waals surface area (Å²) in [7, 11) is 0. The van der Waals surface area contributed by atoms with E-state index in [1.54, 1.807) is 6.07 Å². The van der Waals surface area contributed by atoms with Crippen molar-refractivity contribution in [2.75, 3.05) is 6.61 Å². The Balaban J connectivity index is 1.71. The fourth-order valence-electron chi connectivity index (χ4n) is 4.59. The van der Waals surface area contributed by atoms with Gasteiger partial charge in [0, 0.05) is 17.2 Å². The number of carboxylic acids is 1. The minimum absolute atomic E-state index is 0.323. The number of benzene rings is 1. The van der Waals surface area contributed by atoms with E-state index in [2.05, 4.69) is 5.32 Å². The summed E-state index contributed by atoms with van der Waals surface area (Å²) in [5, 5.41) is 12.5. The van der Waals surface area contributed by atoms with Crippen molar-refractivity contribution in [3.63, 3.8) is 0 Å². The van der Waals surface area contributed by atoms with Crippen LogP contribution in [-0.4, -0.2) is 35.2 Å². The van der Waals surface area contributed by atoms with Crippen LogP contribution in [0.2, 0.25) is 0 Å². The molecule has 0 unspecified atom stereocenters. The average molecular weight is 443 g/mol. The van der Waals surface area contributed by atoms with Gasteiger partial charge in [0.05, 0.1) is 5.39 Å². The van der Waals surface area contributed by atoms with E-state index in [0.717, 1.165) is 35.8 Å². The predicted octanol–water partition coefficient (Wildman–Crippen LogP) is 3.13. The lowest BCUT2D eigenvalue weighted by Gasteiger charge is -2.33. The molecule has 32 heavy (non-hydrogen) atoms. The van der Waals surface area contributed by atoms with E-state index >= 15 is 0 Å². The van der Waals surface area contributed by atoms with Crippen LogP contribution in [0.15, 0.2) is 15.3 Å². The maximum absolute atomic E-state index is 12.6. The molecule has 0 saturated carbocycles. The number of nitrogens with one attached hydrogen (secondary N) is 1. The van der Waals surface area contributed by atoms with Crippen molar-refractivity contribution in [1.82, 2.24) is 5.32 Å². The van der Waals surface area contributed by atoms with Crippen LogP contribution in [0.25, 0.3) is 11.0 Å². The molecule has 8 nitrogen and oxygen atoms in total. The summed E-state index contributed by atoms with van der Waals surface area (Å²) in [6.45, 7) is 5.49. The molecule has 0 bridgehead atoms. The number of hydrogen-bond donors (Lipinski definition) is 2. The summed E-state index contributed by atoms with van der Waals surface area (Å²) in [4.78, 5) is 36.4. The van der Waals surface area contributed by atoms with Gasteiger partial charge in [-0.05, 0) is 57.9 Å². The molecule has 1 aliphatic carbocycles. The van der Waals surface area contributed by atoms with Crippen LogP contribution >= 0.6 is 0 Å². The van der Waals surface area contributed by atoms with E-state index in [9.17, 15) is 19.5 Å². The van der Waals surface area contributed by atoms with Gasteiger partial charge in [-0.15, -0.1) is 0 Å². The molecule has 0 fully saturated rings. The Morgan fingerprint density at radius 2 is 1.97 bits per heavy atom. The molecule has 1 amide bonds. The molecule has 2 aromatic rings. The van der Waals surface area contributed by atoms with Crippen molar-refractivity contribution < 1.29 is 28.6 Å². The van der Waals surface area contributed by atoms with Crippen molar-refractivity contribution in [3.8, 4) is 11.5 Å². The maximum Gasteiger partial charge on any atom is 0.339 e. The number of ether oxygens (including phenoxy) is 2. The van der Waals surface area contributed by atoms with Gasteiger partial charge in [0.15, 0.2) is 6.61 Å². The molecule has 1 aliphatic heterocycles. The number of aryl methyl sites for hydroxylation is 2. The third kappa shape index (κ3) is 4.18. The molecule has 0 radical (unpaired) electrons. The van der Waals surface area contributed by atoms with Crippen molar-refractivity contribution in [2.45, 2.75) is 77.4 Å². The van der Waals surface area contributed by atoms with Crippen molar-refractivity contribution in [1.29, 1.82) is 0 Å². The first-order valence-corrected chi connectivity index (χ1v) is 11.2. The Morgan fingerprint density at radius 1 is 1.22 bits per heavy atom. The van der Waals surface area contributed by atoms with Crippen LogP contribution in [0.5, 0.6) is 11.5 Å². The smallest absolute Gasteiger partial charge is 0.339 e. The van der Waals surface area contributed by atoms with Gasteiger partial charge in [0.25, 0.3) is 5.91 Å². The molecule has 1 aromatic heterocycles. The van der Waals surface area contributed by atoms with Gasteiger partial charge < -0.3 is 24.3 Å². The standard InChI is InChI=1S/C24H29NO7/c1-4-6-16(22(27)28)25-19(26)12-30-18-11-17-15(9-10-24(2,3)32-17)21-20(18)13-7-5-8-14(13)23(29)31-21/h11,16H,4-10,12H2,1-3H3,(H,25,26)(H,27,28)/t16-/m1/s1. The van der Waals surface area contributed by atoms with Gasteiger partial charge in [-0.3, -0.25) is 4.79 Å². The molecule has 8 heteroatoms. The quantitative estimate of drug-likeness (QED) is 0.632. The highest BCUT2D eigenvalue weighted by molar-refractivity contribution is 5.93. The molecule has 2 N–H and O–H groups in total. The highest BCUT2D eigenvalue weighted by atomic mass is 16.5. The fraction of sp³-hybridized carbons (Fsp3) is 0.542. The van der Waals surface area contributed by atoms with Gasteiger partial charge in [-0.25, -0.2) is 9.59 Å². The second kappa shape index (κ2) is 8.48. The maximum atomic E-state index is 12.6. The molecular formula is C24H29NO7. The zero-order chi connectivity index (χ0) is 23.0. The van der Waals surface area contributed by atoms with Gasteiger partial charge >= 0.3 is 11.6 Å². The number of carbonyl (C=O) groups excluding carboxylic acids is 1. The first kappa shape index (κ1) is 22.2. The zero-order valence-electron chi connectivity index (χ0n) is 18.7. The van der Waals surface area contributed by atoms with Gasteiger partial charge in [-0.2, -0.15) is 0 Å². The third-order valence-electron chi connectivity index (χ3n) is 6.20. The van der Waals surface area contributed by atoms with Crippen LogP contribution in [0.1, 0.15) is 63.1 Å². The second-order valence-electron chi connectivity index (χ2n) is 9.15. The molecule has 172 valence electrons. The Bertz CT molecular complexity index is 1130. The van der Waals surface area contributed by atoms with Crippen molar-refractivity contribution in [3.05, 3.63) is 33.2 Å². The first-order valence-electron chi connectivity index (χ1n) is 11.2. The summed E-state index contributed by atoms with van der Waals surface area (Å²) < 4.78 is 17.8. The summed E-state index contributed by atoms with van der Waals surface area (Å²) in [5.74, 6) is -0.600. The zero-order valence-corrected chi connectivity index (χ0v) is 18.7. The first-order chi connectivity index (χ1) is 15.2. The highest BCUT2D eigenvalue weighted by Crippen LogP contribution is 2.44. The van der Waals surface area contributed by atoms with E-state index in [1.165, 1.54) is 0 Å². The molecule has 2 heterocycles. The summed E-state index contributed by atoms with van der Waals surface area (Å²) in [6, 6.07) is 0.813. The lowest BCUT2D eigenvalue weighted by molar-refractivity contribution is -0.142. The van der Waals surface area contributed by atoms with Crippen molar-refractivity contribution >= 4 is 22.8 Å². The van der Waals surface area contributed by atoms with Gasteiger partial charge in [0.2, 0.25) is 0 Å². The number of fused-ring (bicyclic) bond motifs is 5. The van der Waals surface area contributed by atoms with E-state index in [0.29, 0.717) is 48.3 Å². The number of aliphatic carboxylic acids is 1. The Kier molecular flexibility index (Phi) is 5.88. The fourth-order valence-corrected chi connectivity index (χ4v) is 4.59. The minimum atomic E-state index is -1.07. The van der Waals surface area contributed by atoms with Crippen molar-refractivity contribution in [2.24, 2.45) is 0 Å². The molecule has 4 rings (SSSR count). The molecule has 0 saturated heterocycles. The lowest BCUT2D eigenvalue weighted by atomic mass is 9.91. The summed E-state index contributed by atoms with van der Waals surface area (Å²) >= 11 is 0. The second-order valence-corrected chi connectivity index (χ2v) is 9.15. The molecule has 1 atom stereocenters. The average Bonchev–Trinajstić information content (AvgIpc) is 3.21. The Hall–Kier alpha value is -3.03. The summed E-state index contributed by atoms with van der Waals surface area (Å²) in [5.41, 5.74) is 2.19. The molecule has 1 aromatic carbocycles. The lowest BCUT2D eigenvalue weighted by Crippen LogP contribution is -2.42. The van der Waals surface area contributed by atoms with E-state index in [-0.39, 0.29) is 17.8 Å². The SMILES string of the molecule is CCC[C@@H](NC(=O)COc1cc2c(c3oc(=O)c4c(c13)CCC4)CCC(C)(C)O2)C(=O)O. The van der Waals surface area contributed by atoms with Gasteiger partial charge in [-0.1, -0.05) is 13.3 Å². The monoisotopic (exact) mass is 443 g/mol. The largest absolute Gasteiger partial charge is 0.487 e. The van der Waals surface area contributed by atoms with Crippen LogP contribution in [-0.2, 0) is 28.9 Å². The van der Waals surface area contributed by atoms with Crippen LogP contribution in [0.3, 0.4) is 0 Å². The van der Waals surface area contributed by atoms with Crippen LogP contribution < -0.4 is 20.4 Å². The molecule has 0 spiro atoms. The number of hydrogen-bond acceptors (Lipinski definition) is 6. The van der Waals surface area contributed by atoms with Gasteiger partial charge in [0.1, 0.15) is 28.7 Å². The Morgan fingerprint density at radius 3 is 2.69 bits per heavy atom. The number of amides is 1. The number of rotatable bonds is 7. The van der Waals surface area contributed by atoms with Crippen LogP contribution in [0.4, 0.5) is 0 Å². The van der Waals surface area contributed by atoms with E-state index in [1.807, 2.05) is 20.8 Å². The summed E-state index contributed by atoms with van der Waals surface area (Å²) in [6.07, 6.45) is 4.71. The number of carbonyl (C=O) groups is 2. The minimum Gasteiger partial charge on any atom is -0.487 e. The normalized spacial score (nSPS) is 17.2.